The van der Waals surface area contributed by atoms with Crippen molar-refractivity contribution in [3.05, 3.63) is 60.0 Å². The zero-order chi connectivity index (χ0) is 18.4. The molecule has 2 fully saturated rings. The van der Waals surface area contributed by atoms with Crippen molar-refractivity contribution in [1.29, 1.82) is 0 Å². The van der Waals surface area contributed by atoms with Crippen molar-refractivity contribution in [3.63, 3.8) is 0 Å². The summed E-state index contributed by atoms with van der Waals surface area (Å²) in [6, 6.07) is 9.72. The van der Waals surface area contributed by atoms with E-state index < -0.39 is 0 Å². The maximum Gasteiger partial charge on any atom is 0.274 e. The Morgan fingerprint density at radius 1 is 1.15 bits per heavy atom. The molecule has 1 aliphatic carbocycles. The Balaban J connectivity index is 1.48. The molecule has 7 nitrogen and oxygen atoms in total. The second-order valence-corrected chi connectivity index (χ2v) is 7.25. The number of nitrogens with zero attached hydrogens (tertiary/aromatic N) is 5. The molecule has 3 aromatic rings. The Labute approximate surface area is 156 Å². The molecule has 27 heavy (non-hydrogen) atoms. The lowest BCUT2D eigenvalue weighted by Crippen LogP contribution is -2.40. The van der Waals surface area contributed by atoms with E-state index in [2.05, 4.69) is 20.1 Å². The lowest BCUT2D eigenvalue weighted by molar-refractivity contribution is 0.0532. The summed E-state index contributed by atoms with van der Waals surface area (Å²) in [4.78, 5) is 28.1. The van der Waals surface area contributed by atoms with Gasteiger partial charge in [-0.3, -0.25) is 9.78 Å². The maximum atomic E-state index is 13.1. The molecule has 0 radical (unpaired) electrons. The van der Waals surface area contributed by atoms with E-state index in [-0.39, 0.29) is 18.0 Å². The van der Waals surface area contributed by atoms with Gasteiger partial charge < -0.3 is 9.42 Å². The number of rotatable bonds is 3. The van der Waals surface area contributed by atoms with Crippen LogP contribution in [0, 0.1) is 12.8 Å². The van der Waals surface area contributed by atoms with Crippen molar-refractivity contribution in [2.45, 2.75) is 38.3 Å². The summed E-state index contributed by atoms with van der Waals surface area (Å²) in [5, 5.41) is 4.14. The normalized spacial score (nSPS) is 23.7. The Hall–Kier alpha value is -3.09. The monoisotopic (exact) mass is 361 g/mol. The summed E-state index contributed by atoms with van der Waals surface area (Å²) < 4.78 is 5.60. The Morgan fingerprint density at radius 3 is 2.78 bits per heavy atom. The zero-order valence-electron chi connectivity index (χ0n) is 14.9. The highest BCUT2D eigenvalue weighted by molar-refractivity contribution is 5.92. The first-order valence-corrected chi connectivity index (χ1v) is 9.21. The molecule has 5 rings (SSSR count). The van der Waals surface area contributed by atoms with Crippen LogP contribution in [0.2, 0.25) is 0 Å². The minimum Gasteiger partial charge on any atom is -0.337 e. The van der Waals surface area contributed by atoms with Gasteiger partial charge in [0.1, 0.15) is 11.7 Å². The van der Waals surface area contributed by atoms with Crippen LogP contribution in [0.4, 0.5) is 0 Å². The highest BCUT2D eigenvalue weighted by Gasteiger charge is 2.51. The third-order valence-electron chi connectivity index (χ3n) is 5.55. The second-order valence-electron chi connectivity index (χ2n) is 7.25. The topological polar surface area (TPSA) is 85.0 Å². The van der Waals surface area contributed by atoms with E-state index in [1.165, 1.54) is 0 Å². The fourth-order valence-corrected chi connectivity index (χ4v) is 4.29. The van der Waals surface area contributed by atoms with E-state index in [9.17, 15) is 4.79 Å². The number of hydrogen-bond acceptors (Lipinski definition) is 6. The predicted octanol–water partition coefficient (Wildman–Crippen LogP) is 3.20. The first-order valence-electron chi connectivity index (χ1n) is 9.21. The Bertz CT molecular complexity index is 970. The quantitative estimate of drug-likeness (QED) is 0.712. The fourth-order valence-electron chi connectivity index (χ4n) is 4.29. The fraction of sp³-hybridized carbons (Fsp3) is 0.350. The summed E-state index contributed by atoms with van der Waals surface area (Å²) in [6.07, 6.45) is 6.22. The van der Waals surface area contributed by atoms with E-state index in [1.807, 2.05) is 42.2 Å². The van der Waals surface area contributed by atoms with Crippen LogP contribution in [0.15, 0.2) is 47.2 Å². The average molecular weight is 361 g/mol. The summed E-state index contributed by atoms with van der Waals surface area (Å²) in [6.45, 7) is 1.85. The summed E-state index contributed by atoms with van der Waals surface area (Å²) in [5.74, 6) is 1.30. The first kappa shape index (κ1) is 16.1. The molecule has 1 saturated carbocycles. The SMILES string of the molecule is Cc1cnc(C(=O)N2[C@H]3CC[C@@H](C3)[C@H]2c2nc(-c3ccccc3)no2)cn1. The van der Waals surface area contributed by atoms with Crippen LogP contribution in [0.3, 0.4) is 0 Å². The molecule has 0 N–H and O–H groups in total. The third kappa shape index (κ3) is 2.70. The molecule has 136 valence electrons. The van der Waals surface area contributed by atoms with Gasteiger partial charge in [-0.1, -0.05) is 35.5 Å². The molecule has 1 aromatic carbocycles. The van der Waals surface area contributed by atoms with Gasteiger partial charge >= 0.3 is 0 Å². The van der Waals surface area contributed by atoms with E-state index >= 15 is 0 Å². The number of aromatic nitrogens is 4. The van der Waals surface area contributed by atoms with Crippen molar-refractivity contribution in [2.75, 3.05) is 0 Å². The minimum atomic E-state index is -0.190. The van der Waals surface area contributed by atoms with Crippen LogP contribution >= 0.6 is 0 Å². The van der Waals surface area contributed by atoms with E-state index in [1.54, 1.807) is 12.4 Å². The van der Waals surface area contributed by atoms with Crippen LogP contribution in [0.5, 0.6) is 0 Å². The molecule has 1 saturated heterocycles. The molecule has 2 bridgehead atoms. The summed E-state index contributed by atoms with van der Waals surface area (Å²) in [7, 11) is 0. The number of benzene rings is 1. The molecular formula is C20H19N5O2. The van der Waals surface area contributed by atoms with Crippen molar-refractivity contribution in [3.8, 4) is 11.4 Å². The molecule has 1 aliphatic heterocycles. The van der Waals surface area contributed by atoms with Gasteiger partial charge in [0.2, 0.25) is 11.7 Å². The molecular weight excluding hydrogens is 342 g/mol. The van der Waals surface area contributed by atoms with Crippen molar-refractivity contribution < 1.29 is 9.32 Å². The number of hydrogen-bond donors (Lipinski definition) is 0. The van der Waals surface area contributed by atoms with E-state index in [4.69, 9.17) is 4.52 Å². The van der Waals surface area contributed by atoms with Gasteiger partial charge in [-0.15, -0.1) is 0 Å². The smallest absolute Gasteiger partial charge is 0.274 e. The molecule has 1 amide bonds. The number of fused-ring (bicyclic) bond motifs is 2. The lowest BCUT2D eigenvalue weighted by atomic mass is 9.98. The Kier molecular flexibility index (Phi) is 3.74. The number of aryl methyl sites for hydroxylation is 1. The van der Waals surface area contributed by atoms with Crippen LogP contribution in [-0.4, -0.2) is 37.0 Å². The molecule has 3 atom stereocenters. The number of likely N-dealkylation sites (tertiary alicyclic amines) is 1. The van der Waals surface area contributed by atoms with Gasteiger partial charge in [-0.2, -0.15) is 4.98 Å². The number of piperidine rings is 1. The van der Waals surface area contributed by atoms with Crippen molar-refractivity contribution in [2.24, 2.45) is 5.92 Å². The van der Waals surface area contributed by atoms with Crippen LogP contribution < -0.4 is 0 Å². The van der Waals surface area contributed by atoms with Gasteiger partial charge in [0, 0.05) is 17.8 Å². The first-order chi connectivity index (χ1) is 13.2. The zero-order valence-corrected chi connectivity index (χ0v) is 14.9. The van der Waals surface area contributed by atoms with Gasteiger partial charge in [-0.05, 0) is 32.1 Å². The third-order valence-corrected chi connectivity index (χ3v) is 5.55. The van der Waals surface area contributed by atoms with Crippen molar-refractivity contribution >= 4 is 5.91 Å². The van der Waals surface area contributed by atoms with Crippen LogP contribution in [-0.2, 0) is 0 Å². The average Bonchev–Trinajstić information content (AvgIpc) is 3.44. The van der Waals surface area contributed by atoms with Gasteiger partial charge in [0.05, 0.1) is 11.9 Å². The Morgan fingerprint density at radius 2 is 2.00 bits per heavy atom. The maximum absolute atomic E-state index is 13.1. The summed E-state index contributed by atoms with van der Waals surface area (Å²) in [5.41, 5.74) is 2.05. The van der Waals surface area contributed by atoms with Crippen molar-refractivity contribution in [1.82, 2.24) is 25.0 Å². The molecule has 2 aromatic heterocycles. The van der Waals surface area contributed by atoms with E-state index in [0.29, 0.717) is 23.3 Å². The lowest BCUT2D eigenvalue weighted by Gasteiger charge is -2.32. The van der Waals surface area contributed by atoms with Gasteiger partial charge in [-0.25, -0.2) is 4.98 Å². The molecule has 0 spiro atoms. The van der Waals surface area contributed by atoms with Gasteiger partial charge in [0.15, 0.2) is 0 Å². The van der Waals surface area contributed by atoms with Gasteiger partial charge in [0.25, 0.3) is 5.91 Å². The van der Waals surface area contributed by atoms with Crippen LogP contribution in [0.1, 0.15) is 47.4 Å². The molecule has 7 heteroatoms. The highest BCUT2D eigenvalue weighted by Crippen LogP contribution is 2.50. The summed E-state index contributed by atoms with van der Waals surface area (Å²) >= 11 is 0. The molecule has 3 heterocycles. The number of carbonyl (C=O) groups excluding carboxylic acids is 1. The molecule has 0 unspecified atom stereocenters. The largest absolute Gasteiger partial charge is 0.337 e. The second kappa shape index (κ2) is 6.26. The number of amides is 1. The standard InChI is InChI=1S/C20H19N5O2/c1-12-10-22-16(11-21-12)20(26)25-15-8-7-14(9-15)17(25)19-23-18(24-27-19)13-5-3-2-4-6-13/h2-6,10-11,14-15,17H,7-9H2,1H3/t14-,15-,17-/m0/s1. The highest BCUT2D eigenvalue weighted by atomic mass is 16.5. The van der Waals surface area contributed by atoms with Crippen LogP contribution in [0.25, 0.3) is 11.4 Å². The molecule has 2 aliphatic rings. The number of carbonyl (C=O) groups is 1. The predicted molar refractivity (Wildman–Crippen MR) is 96.5 cm³/mol. The van der Waals surface area contributed by atoms with E-state index in [0.717, 1.165) is 30.5 Å². The minimum absolute atomic E-state index is 0.112.